The first-order chi connectivity index (χ1) is 9.69. The number of rotatable bonds is 5. The number of nitrogens with zero attached hydrogens (tertiary/aromatic N) is 1. The largest absolute Gasteiger partial charge is 0.325 e. The fraction of sp³-hybridized carbons (Fsp3) is 0.533. The molecule has 1 aromatic rings. The van der Waals surface area contributed by atoms with Crippen molar-refractivity contribution in [1.82, 2.24) is 4.90 Å². The van der Waals surface area contributed by atoms with Gasteiger partial charge in [0, 0.05) is 36.8 Å². The van der Waals surface area contributed by atoms with Crippen LogP contribution in [-0.2, 0) is 11.3 Å². The van der Waals surface area contributed by atoms with E-state index in [2.05, 4.69) is 22.3 Å². The SMILES string of the molecule is CS[C@@H](C)C(=O)Nc1cccc(CN2CCSCC2)c1. The fourth-order valence-corrected chi connectivity index (χ4v) is 3.37. The Morgan fingerprint density at radius 1 is 1.45 bits per heavy atom. The molecule has 1 amide bonds. The van der Waals surface area contributed by atoms with Crippen LogP contribution >= 0.6 is 23.5 Å². The van der Waals surface area contributed by atoms with Crippen LogP contribution in [0.25, 0.3) is 0 Å². The normalized spacial score (nSPS) is 17.7. The van der Waals surface area contributed by atoms with E-state index in [-0.39, 0.29) is 11.2 Å². The van der Waals surface area contributed by atoms with Gasteiger partial charge in [-0.05, 0) is 30.9 Å². The average molecular weight is 310 g/mol. The van der Waals surface area contributed by atoms with E-state index in [0.717, 1.165) is 25.3 Å². The molecule has 0 aromatic heterocycles. The Morgan fingerprint density at radius 2 is 2.20 bits per heavy atom. The third-order valence-corrected chi connectivity index (χ3v) is 5.29. The molecule has 0 bridgehead atoms. The third-order valence-electron chi connectivity index (χ3n) is 3.43. The van der Waals surface area contributed by atoms with Crippen molar-refractivity contribution in [1.29, 1.82) is 0 Å². The van der Waals surface area contributed by atoms with E-state index in [1.165, 1.54) is 17.1 Å². The first-order valence-electron chi connectivity index (χ1n) is 6.92. The summed E-state index contributed by atoms with van der Waals surface area (Å²) in [6.07, 6.45) is 1.95. The van der Waals surface area contributed by atoms with Gasteiger partial charge in [-0.2, -0.15) is 23.5 Å². The molecule has 1 N–H and O–H groups in total. The van der Waals surface area contributed by atoms with Crippen LogP contribution in [0.15, 0.2) is 24.3 Å². The molecule has 1 fully saturated rings. The summed E-state index contributed by atoms with van der Waals surface area (Å²) in [6.45, 7) is 5.22. The Kier molecular flexibility index (Phi) is 6.26. The second-order valence-electron chi connectivity index (χ2n) is 4.96. The van der Waals surface area contributed by atoms with Gasteiger partial charge in [0.1, 0.15) is 0 Å². The van der Waals surface area contributed by atoms with Crippen LogP contribution in [0.4, 0.5) is 5.69 Å². The molecule has 0 saturated carbocycles. The molecule has 0 radical (unpaired) electrons. The topological polar surface area (TPSA) is 32.3 Å². The number of nitrogens with one attached hydrogen (secondary N) is 1. The lowest BCUT2D eigenvalue weighted by atomic mass is 10.2. The Morgan fingerprint density at radius 3 is 2.90 bits per heavy atom. The van der Waals surface area contributed by atoms with Crippen LogP contribution < -0.4 is 5.32 Å². The average Bonchev–Trinajstić information content (AvgIpc) is 2.47. The summed E-state index contributed by atoms with van der Waals surface area (Å²) in [5, 5.41) is 2.97. The van der Waals surface area contributed by atoms with Crippen LogP contribution in [-0.4, -0.2) is 46.9 Å². The minimum Gasteiger partial charge on any atom is -0.325 e. The van der Waals surface area contributed by atoms with Crippen molar-refractivity contribution in [3.05, 3.63) is 29.8 Å². The Hall–Kier alpha value is -0.650. The van der Waals surface area contributed by atoms with Gasteiger partial charge in [-0.25, -0.2) is 0 Å². The fourth-order valence-electron chi connectivity index (χ4n) is 2.12. The number of anilines is 1. The maximum atomic E-state index is 11.9. The highest BCUT2D eigenvalue weighted by atomic mass is 32.2. The predicted molar refractivity (Wildman–Crippen MR) is 90.7 cm³/mol. The van der Waals surface area contributed by atoms with E-state index < -0.39 is 0 Å². The number of thioether (sulfide) groups is 2. The van der Waals surface area contributed by atoms with Crippen LogP contribution in [0.5, 0.6) is 0 Å². The number of hydrogen-bond donors (Lipinski definition) is 1. The lowest BCUT2D eigenvalue weighted by Gasteiger charge is -2.26. The molecule has 1 heterocycles. The number of carbonyl (C=O) groups excluding carboxylic acids is 1. The standard InChI is InChI=1S/C15H22N2OS2/c1-12(19-2)15(18)16-14-5-3-4-13(10-14)11-17-6-8-20-9-7-17/h3-5,10,12H,6-9,11H2,1-2H3,(H,16,18)/t12-/m0/s1. The van der Waals surface area contributed by atoms with Crippen molar-refractivity contribution in [3.63, 3.8) is 0 Å². The molecule has 0 unspecified atom stereocenters. The number of carbonyl (C=O) groups is 1. The first-order valence-corrected chi connectivity index (χ1v) is 9.36. The number of benzene rings is 1. The molecule has 1 saturated heterocycles. The summed E-state index contributed by atoms with van der Waals surface area (Å²) < 4.78 is 0. The van der Waals surface area contributed by atoms with Crippen LogP contribution in [0.1, 0.15) is 12.5 Å². The van der Waals surface area contributed by atoms with Gasteiger partial charge in [-0.3, -0.25) is 9.69 Å². The van der Waals surface area contributed by atoms with E-state index in [0.29, 0.717) is 0 Å². The lowest BCUT2D eigenvalue weighted by Crippen LogP contribution is -2.32. The number of amides is 1. The first kappa shape index (κ1) is 15.7. The molecular weight excluding hydrogens is 288 g/mol. The quantitative estimate of drug-likeness (QED) is 0.906. The highest BCUT2D eigenvalue weighted by Gasteiger charge is 2.13. The van der Waals surface area contributed by atoms with Crippen LogP contribution in [0.3, 0.4) is 0 Å². The second kappa shape index (κ2) is 7.96. The molecular formula is C15H22N2OS2. The lowest BCUT2D eigenvalue weighted by molar-refractivity contribution is -0.115. The van der Waals surface area contributed by atoms with Crippen molar-refractivity contribution in [2.75, 3.05) is 36.2 Å². The Balaban J connectivity index is 1.94. The van der Waals surface area contributed by atoms with Crippen molar-refractivity contribution < 1.29 is 4.79 Å². The highest BCUT2D eigenvalue weighted by molar-refractivity contribution is 8.00. The Labute approximate surface area is 129 Å². The zero-order valence-corrected chi connectivity index (χ0v) is 13.7. The molecule has 1 aromatic carbocycles. The van der Waals surface area contributed by atoms with Crippen LogP contribution in [0, 0.1) is 0 Å². The molecule has 1 aliphatic heterocycles. The van der Waals surface area contributed by atoms with Gasteiger partial charge < -0.3 is 5.32 Å². The molecule has 3 nitrogen and oxygen atoms in total. The van der Waals surface area contributed by atoms with Gasteiger partial charge in [0.15, 0.2) is 0 Å². The van der Waals surface area contributed by atoms with Crippen molar-refractivity contribution in [2.45, 2.75) is 18.7 Å². The molecule has 1 atom stereocenters. The maximum Gasteiger partial charge on any atom is 0.237 e. The van der Waals surface area contributed by atoms with E-state index in [9.17, 15) is 4.79 Å². The third kappa shape index (κ3) is 4.72. The summed E-state index contributed by atoms with van der Waals surface area (Å²) >= 11 is 3.59. The van der Waals surface area contributed by atoms with Crippen molar-refractivity contribution >= 4 is 35.1 Å². The second-order valence-corrected chi connectivity index (χ2v) is 7.36. The van der Waals surface area contributed by atoms with Gasteiger partial charge in [0.05, 0.1) is 5.25 Å². The van der Waals surface area contributed by atoms with E-state index in [4.69, 9.17) is 0 Å². The summed E-state index contributed by atoms with van der Waals surface area (Å²) in [5.41, 5.74) is 2.17. The van der Waals surface area contributed by atoms with Gasteiger partial charge in [-0.1, -0.05) is 12.1 Å². The zero-order chi connectivity index (χ0) is 14.4. The zero-order valence-electron chi connectivity index (χ0n) is 12.1. The molecule has 0 spiro atoms. The minimum atomic E-state index is -0.0159. The maximum absolute atomic E-state index is 11.9. The van der Waals surface area contributed by atoms with Gasteiger partial charge >= 0.3 is 0 Å². The van der Waals surface area contributed by atoms with Crippen LogP contribution in [0.2, 0.25) is 0 Å². The molecule has 5 heteroatoms. The van der Waals surface area contributed by atoms with E-state index in [1.54, 1.807) is 11.8 Å². The predicted octanol–water partition coefficient (Wildman–Crippen LogP) is 2.93. The summed E-state index contributed by atoms with van der Waals surface area (Å²) in [6, 6.07) is 8.20. The van der Waals surface area contributed by atoms with Gasteiger partial charge in [0.2, 0.25) is 5.91 Å². The van der Waals surface area contributed by atoms with Gasteiger partial charge in [0.25, 0.3) is 0 Å². The van der Waals surface area contributed by atoms with Crippen molar-refractivity contribution in [3.8, 4) is 0 Å². The van der Waals surface area contributed by atoms with Crippen molar-refractivity contribution in [2.24, 2.45) is 0 Å². The smallest absolute Gasteiger partial charge is 0.237 e. The molecule has 110 valence electrons. The molecule has 1 aliphatic rings. The molecule has 20 heavy (non-hydrogen) atoms. The summed E-state index contributed by atoms with van der Waals surface area (Å²) in [7, 11) is 0. The number of hydrogen-bond acceptors (Lipinski definition) is 4. The van der Waals surface area contributed by atoms with E-state index >= 15 is 0 Å². The molecule has 0 aliphatic carbocycles. The summed E-state index contributed by atoms with van der Waals surface area (Å²) in [4.78, 5) is 14.4. The highest BCUT2D eigenvalue weighted by Crippen LogP contribution is 2.17. The minimum absolute atomic E-state index is 0.0159. The van der Waals surface area contributed by atoms with Gasteiger partial charge in [-0.15, -0.1) is 0 Å². The molecule has 2 rings (SSSR count). The summed E-state index contributed by atoms with van der Waals surface area (Å²) in [5.74, 6) is 2.52. The van der Waals surface area contributed by atoms with E-state index in [1.807, 2.05) is 37.1 Å². The Bertz CT molecular complexity index is 447. The monoisotopic (exact) mass is 310 g/mol.